The van der Waals surface area contributed by atoms with Crippen LogP contribution in [0.5, 0.6) is 0 Å². The van der Waals surface area contributed by atoms with Crippen molar-refractivity contribution < 1.29 is 8.42 Å². The largest absolute Gasteiger partial charge is 0.382 e. The first kappa shape index (κ1) is 14.5. The molecule has 1 aliphatic rings. The van der Waals surface area contributed by atoms with Crippen molar-refractivity contribution in [2.45, 2.75) is 37.1 Å². The van der Waals surface area contributed by atoms with Crippen LogP contribution in [0.3, 0.4) is 0 Å². The van der Waals surface area contributed by atoms with Gasteiger partial charge in [-0.05, 0) is 37.7 Å². The third-order valence-corrected chi connectivity index (χ3v) is 6.37. The molecule has 0 bridgehead atoms. The topological polar surface area (TPSA) is 79.5 Å². The fraction of sp³-hybridized carbons (Fsp3) is 0.727. The number of nitrogens with zero attached hydrogens (tertiary/aromatic N) is 3. The van der Waals surface area contributed by atoms with Crippen LogP contribution in [0, 0.1) is 0 Å². The lowest BCUT2D eigenvalue weighted by molar-refractivity contribution is 0.483. The Kier molecular flexibility index (Phi) is 4.03. The van der Waals surface area contributed by atoms with Crippen molar-refractivity contribution in [1.82, 2.24) is 8.68 Å². The van der Waals surface area contributed by atoms with Gasteiger partial charge in [0, 0.05) is 26.7 Å². The smallest absolute Gasteiger partial charge is 0.249 e. The second-order valence-corrected chi connectivity index (χ2v) is 7.87. The van der Waals surface area contributed by atoms with E-state index in [9.17, 15) is 8.42 Å². The Bertz CT molecular complexity index is 553. The summed E-state index contributed by atoms with van der Waals surface area (Å²) < 4.78 is 30.0. The number of nitrogen functional groups attached to an aromatic ring is 1. The molecule has 1 aliphatic heterocycles. The van der Waals surface area contributed by atoms with Crippen LogP contribution in [0.2, 0.25) is 0 Å². The maximum absolute atomic E-state index is 12.4. The molecule has 0 aromatic carbocycles. The molecule has 0 amide bonds. The van der Waals surface area contributed by atoms with Gasteiger partial charge in [0.05, 0.1) is 0 Å². The van der Waals surface area contributed by atoms with Crippen LogP contribution in [-0.2, 0) is 10.0 Å². The van der Waals surface area contributed by atoms with Crippen LogP contribution in [0.1, 0.15) is 26.2 Å². The first-order valence-electron chi connectivity index (χ1n) is 6.30. The lowest BCUT2D eigenvalue weighted by Crippen LogP contribution is -2.38. The monoisotopic (exact) mass is 304 g/mol. The van der Waals surface area contributed by atoms with E-state index >= 15 is 0 Å². The molecule has 1 aromatic heterocycles. The molecular weight excluding hydrogens is 284 g/mol. The number of aromatic nitrogens is 1. The van der Waals surface area contributed by atoms with Crippen molar-refractivity contribution >= 4 is 32.4 Å². The summed E-state index contributed by atoms with van der Waals surface area (Å²) in [5, 5.41) is 0.679. The van der Waals surface area contributed by atoms with E-state index in [0.29, 0.717) is 11.0 Å². The molecule has 2 N–H and O–H groups in total. The number of piperidine rings is 1. The van der Waals surface area contributed by atoms with E-state index in [0.717, 1.165) is 19.4 Å². The molecule has 1 atom stereocenters. The predicted molar refractivity (Wildman–Crippen MR) is 78.1 cm³/mol. The van der Waals surface area contributed by atoms with Crippen molar-refractivity contribution in [2.24, 2.45) is 0 Å². The van der Waals surface area contributed by atoms with E-state index in [1.807, 2.05) is 0 Å². The lowest BCUT2D eigenvalue weighted by Gasteiger charge is -2.34. The molecule has 0 spiro atoms. The van der Waals surface area contributed by atoms with Crippen LogP contribution in [0.15, 0.2) is 4.90 Å². The molecule has 19 heavy (non-hydrogen) atoms. The van der Waals surface area contributed by atoms with Gasteiger partial charge in [0.15, 0.2) is 10.7 Å². The van der Waals surface area contributed by atoms with Crippen LogP contribution >= 0.6 is 11.5 Å². The second-order valence-electron chi connectivity index (χ2n) is 5.03. The number of nitrogens with two attached hydrogens (primary N) is 1. The first-order valence-corrected chi connectivity index (χ1v) is 8.51. The Morgan fingerprint density at radius 2 is 2.11 bits per heavy atom. The minimum Gasteiger partial charge on any atom is -0.382 e. The number of hydrogen-bond acceptors (Lipinski definition) is 6. The summed E-state index contributed by atoms with van der Waals surface area (Å²) in [7, 11) is -0.534. The summed E-state index contributed by atoms with van der Waals surface area (Å²) in [5.41, 5.74) is 5.78. The molecule has 0 saturated carbocycles. The highest BCUT2D eigenvalue weighted by Crippen LogP contribution is 2.38. The van der Waals surface area contributed by atoms with E-state index in [1.165, 1.54) is 36.4 Å². The highest BCUT2D eigenvalue weighted by atomic mass is 32.2. The summed E-state index contributed by atoms with van der Waals surface area (Å²) in [5.74, 6) is 0.103. The van der Waals surface area contributed by atoms with Crippen LogP contribution in [0.25, 0.3) is 0 Å². The Morgan fingerprint density at radius 3 is 2.68 bits per heavy atom. The summed E-state index contributed by atoms with van der Waals surface area (Å²) in [6, 6.07) is 0.324. The molecule has 2 rings (SSSR count). The maximum atomic E-state index is 12.4. The molecule has 1 saturated heterocycles. The molecule has 6 nitrogen and oxygen atoms in total. The quantitative estimate of drug-likeness (QED) is 0.912. The van der Waals surface area contributed by atoms with E-state index in [4.69, 9.17) is 5.73 Å². The van der Waals surface area contributed by atoms with Gasteiger partial charge in [-0.25, -0.2) is 12.7 Å². The van der Waals surface area contributed by atoms with Gasteiger partial charge in [0.2, 0.25) is 10.0 Å². The minimum atomic E-state index is -3.55. The van der Waals surface area contributed by atoms with E-state index in [2.05, 4.69) is 16.2 Å². The van der Waals surface area contributed by atoms with Crippen LogP contribution in [-0.4, -0.2) is 43.8 Å². The van der Waals surface area contributed by atoms with Gasteiger partial charge in [-0.15, -0.1) is 0 Å². The molecule has 0 aliphatic carbocycles. The maximum Gasteiger partial charge on any atom is 0.249 e. The zero-order chi connectivity index (χ0) is 14.2. The van der Waals surface area contributed by atoms with Gasteiger partial charge < -0.3 is 10.6 Å². The first-order chi connectivity index (χ1) is 8.85. The molecule has 1 aromatic rings. The van der Waals surface area contributed by atoms with Gasteiger partial charge >= 0.3 is 0 Å². The molecule has 0 radical (unpaired) electrons. The van der Waals surface area contributed by atoms with Gasteiger partial charge in [0.1, 0.15) is 5.00 Å². The zero-order valence-electron chi connectivity index (χ0n) is 11.5. The standard InChI is InChI=1S/C11H20N4O2S2/c1-8-6-4-5-7-15(8)11-9(10(12)13-18-11)19(16,17)14(2)3/h8H,4-7H2,1-3H3,(H2,12,13). The van der Waals surface area contributed by atoms with Crippen LogP contribution < -0.4 is 10.6 Å². The number of hydrogen-bond donors (Lipinski definition) is 1. The predicted octanol–water partition coefficient (Wildman–Crippen LogP) is 1.35. The van der Waals surface area contributed by atoms with E-state index < -0.39 is 10.0 Å². The summed E-state index contributed by atoms with van der Waals surface area (Å²) in [4.78, 5) is 2.28. The molecule has 8 heteroatoms. The average Bonchev–Trinajstić information content (AvgIpc) is 2.72. The Labute approximate surface area is 118 Å². The lowest BCUT2D eigenvalue weighted by atomic mass is 10.0. The van der Waals surface area contributed by atoms with Crippen molar-refractivity contribution in [1.29, 1.82) is 0 Å². The SMILES string of the molecule is CC1CCCCN1c1snc(N)c1S(=O)(=O)N(C)C. The van der Waals surface area contributed by atoms with Crippen molar-refractivity contribution in [2.75, 3.05) is 31.3 Å². The fourth-order valence-electron chi connectivity index (χ4n) is 2.29. The van der Waals surface area contributed by atoms with Crippen molar-refractivity contribution in [3.05, 3.63) is 0 Å². The van der Waals surface area contributed by atoms with E-state index in [-0.39, 0.29) is 10.7 Å². The van der Waals surface area contributed by atoms with Crippen molar-refractivity contribution in [3.8, 4) is 0 Å². The molecular formula is C11H20N4O2S2. The zero-order valence-corrected chi connectivity index (χ0v) is 13.1. The number of rotatable bonds is 3. The molecule has 1 fully saturated rings. The average molecular weight is 304 g/mol. The van der Waals surface area contributed by atoms with Crippen LogP contribution in [0.4, 0.5) is 10.8 Å². The normalized spacial score (nSPS) is 21.1. The fourth-order valence-corrected chi connectivity index (χ4v) is 4.63. The Balaban J connectivity index is 2.49. The number of sulfonamides is 1. The molecule has 1 unspecified atom stereocenters. The highest BCUT2D eigenvalue weighted by Gasteiger charge is 2.32. The summed E-state index contributed by atoms with van der Waals surface area (Å²) >= 11 is 1.18. The highest BCUT2D eigenvalue weighted by molar-refractivity contribution is 7.89. The van der Waals surface area contributed by atoms with E-state index in [1.54, 1.807) is 0 Å². The van der Waals surface area contributed by atoms with Gasteiger partial charge in [0.25, 0.3) is 0 Å². The second kappa shape index (κ2) is 5.26. The third kappa shape index (κ3) is 2.56. The number of anilines is 2. The Morgan fingerprint density at radius 1 is 1.42 bits per heavy atom. The molecule has 2 heterocycles. The Hall–Kier alpha value is -0.860. The third-order valence-electron chi connectivity index (χ3n) is 3.46. The van der Waals surface area contributed by atoms with Gasteiger partial charge in [-0.2, -0.15) is 4.37 Å². The summed E-state index contributed by atoms with van der Waals surface area (Å²) in [6.45, 7) is 2.97. The van der Waals surface area contributed by atoms with Gasteiger partial charge in [-0.3, -0.25) is 0 Å². The minimum absolute atomic E-state index is 0.103. The summed E-state index contributed by atoms with van der Waals surface area (Å²) in [6.07, 6.45) is 3.32. The van der Waals surface area contributed by atoms with Gasteiger partial charge in [-0.1, -0.05) is 0 Å². The molecule has 108 valence electrons. The van der Waals surface area contributed by atoms with Crippen molar-refractivity contribution in [3.63, 3.8) is 0 Å².